The molecule has 0 aliphatic rings. The zero-order chi connectivity index (χ0) is 22.7. The number of nitrogens with one attached hydrogen (secondary N) is 1. The topological polar surface area (TPSA) is 76.9 Å². The van der Waals surface area contributed by atoms with Crippen LogP contribution in [-0.2, 0) is 6.18 Å². The van der Waals surface area contributed by atoms with Crippen molar-refractivity contribution in [3.8, 4) is 5.69 Å². The molecule has 1 amide bonds. The van der Waals surface area contributed by atoms with Crippen molar-refractivity contribution in [1.29, 1.82) is 0 Å². The van der Waals surface area contributed by atoms with Gasteiger partial charge in [-0.2, -0.15) is 18.3 Å². The van der Waals surface area contributed by atoms with Gasteiger partial charge in [0.25, 0.3) is 5.91 Å². The van der Waals surface area contributed by atoms with E-state index < -0.39 is 17.6 Å². The Morgan fingerprint density at radius 1 is 0.844 bits per heavy atom. The molecule has 160 valence electrons. The van der Waals surface area contributed by atoms with Crippen LogP contribution in [-0.4, -0.2) is 26.5 Å². The van der Waals surface area contributed by atoms with Gasteiger partial charge in [-0.1, -0.05) is 42.5 Å². The lowest BCUT2D eigenvalue weighted by Gasteiger charge is -2.14. The quantitative estimate of drug-likeness (QED) is 0.457. The molecule has 4 aromatic rings. The van der Waals surface area contributed by atoms with Gasteiger partial charge in [0.2, 0.25) is 0 Å². The number of benzene rings is 3. The number of alkyl halides is 3. The SMILES string of the molecule is O=C(Nc1cc(C(F)(F)F)ccc1-n1cncn1)c1ccc(C(=O)c2ccccc2)cc1. The van der Waals surface area contributed by atoms with Crippen molar-refractivity contribution in [2.24, 2.45) is 0 Å². The Kier molecular flexibility index (Phi) is 5.55. The first kappa shape index (κ1) is 21.0. The monoisotopic (exact) mass is 436 g/mol. The van der Waals surface area contributed by atoms with E-state index in [1.54, 1.807) is 30.3 Å². The van der Waals surface area contributed by atoms with E-state index in [0.29, 0.717) is 11.1 Å². The van der Waals surface area contributed by atoms with Crippen LogP contribution in [0.3, 0.4) is 0 Å². The number of hydrogen-bond acceptors (Lipinski definition) is 4. The predicted molar refractivity (Wildman–Crippen MR) is 111 cm³/mol. The number of aromatic nitrogens is 3. The molecular formula is C23H15F3N4O2. The Morgan fingerprint density at radius 3 is 2.12 bits per heavy atom. The van der Waals surface area contributed by atoms with Crippen molar-refractivity contribution in [3.05, 3.63) is 108 Å². The highest BCUT2D eigenvalue weighted by molar-refractivity contribution is 6.10. The molecule has 0 fully saturated rings. The number of ketones is 1. The molecule has 0 saturated heterocycles. The fourth-order valence-corrected chi connectivity index (χ4v) is 3.07. The Hall–Kier alpha value is -4.27. The van der Waals surface area contributed by atoms with Crippen LogP contribution in [0.15, 0.2) is 85.5 Å². The van der Waals surface area contributed by atoms with Crippen LogP contribution in [0.2, 0.25) is 0 Å². The molecule has 0 bridgehead atoms. The van der Waals surface area contributed by atoms with E-state index in [-0.39, 0.29) is 22.7 Å². The predicted octanol–water partition coefficient (Wildman–Crippen LogP) is 4.77. The molecule has 1 aromatic heterocycles. The fraction of sp³-hybridized carbons (Fsp3) is 0.0435. The number of rotatable bonds is 5. The highest BCUT2D eigenvalue weighted by atomic mass is 19.4. The maximum Gasteiger partial charge on any atom is 0.416 e. The molecule has 0 unspecified atom stereocenters. The zero-order valence-corrected chi connectivity index (χ0v) is 16.4. The molecule has 6 nitrogen and oxygen atoms in total. The molecule has 1 N–H and O–H groups in total. The van der Waals surface area contributed by atoms with E-state index in [1.165, 1.54) is 47.7 Å². The second-order valence-corrected chi connectivity index (χ2v) is 6.80. The summed E-state index contributed by atoms with van der Waals surface area (Å²) in [5.74, 6) is -0.840. The first-order chi connectivity index (χ1) is 15.3. The normalized spacial score (nSPS) is 11.2. The van der Waals surface area contributed by atoms with E-state index in [4.69, 9.17) is 0 Å². The van der Waals surface area contributed by atoms with Gasteiger partial charge in [-0.25, -0.2) is 9.67 Å². The number of nitrogens with zero attached hydrogens (tertiary/aromatic N) is 3. The molecule has 1 heterocycles. The third-order valence-corrected chi connectivity index (χ3v) is 4.68. The van der Waals surface area contributed by atoms with Crippen molar-refractivity contribution in [3.63, 3.8) is 0 Å². The molecule has 4 rings (SSSR count). The summed E-state index contributed by atoms with van der Waals surface area (Å²) < 4.78 is 40.8. The lowest BCUT2D eigenvalue weighted by atomic mass is 10.0. The van der Waals surface area contributed by atoms with Gasteiger partial charge in [0.1, 0.15) is 12.7 Å². The average molecular weight is 436 g/mol. The maximum atomic E-state index is 13.2. The smallest absolute Gasteiger partial charge is 0.320 e. The summed E-state index contributed by atoms with van der Waals surface area (Å²) in [5, 5.41) is 6.41. The van der Waals surface area contributed by atoms with E-state index in [2.05, 4.69) is 15.4 Å². The summed E-state index contributed by atoms with van der Waals surface area (Å²) in [6.07, 6.45) is -2.05. The van der Waals surface area contributed by atoms with Gasteiger partial charge < -0.3 is 5.32 Å². The molecule has 0 radical (unpaired) electrons. The standard InChI is InChI=1S/C23H15F3N4O2/c24-23(25,26)18-10-11-20(30-14-27-13-28-30)19(12-18)29-22(32)17-8-6-16(7-9-17)21(31)15-4-2-1-3-5-15/h1-14H,(H,29,32). The molecule has 0 atom stereocenters. The summed E-state index contributed by atoms with van der Waals surface area (Å²) in [6.45, 7) is 0. The summed E-state index contributed by atoms with van der Waals surface area (Å²) in [7, 11) is 0. The fourth-order valence-electron chi connectivity index (χ4n) is 3.07. The zero-order valence-electron chi connectivity index (χ0n) is 16.4. The van der Waals surface area contributed by atoms with Crippen molar-refractivity contribution >= 4 is 17.4 Å². The third-order valence-electron chi connectivity index (χ3n) is 4.68. The third kappa shape index (κ3) is 4.41. The van der Waals surface area contributed by atoms with Crippen LogP contribution < -0.4 is 5.32 Å². The largest absolute Gasteiger partial charge is 0.416 e. The van der Waals surface area contributed by atoms with Crippen LogP contribution in [0.4, 0.5) is 18.9 Å². The number of hydrogen-bond donors (Lipinski definition) is 1. The van der Waals surface area contributed by atoms with Crippen LogP contribution in [0, 0.1) is 0 Å². The second kappa shape index (κ2) is 8.46. The number of anilines is 1. The summed E-state index contributed by atoms with van der Waals surface area (Å²) in [4.78, 5) is 29.0. The van der Waals surface area contributed by atoms with Gasteiger partial charge in [-0.15, -0.1) is 0 Å². The molecule has 0 saturated carbocycles. The van der Waals surface area contributed by atoms with Gasteiger partial charge in [0.05, 0.1) is 16.9 Å². The Balaban J connectivity index is 1.60. The molecule has 0 aliphatic carbocycles. The second-order valence-electron chi connectivity index (χ2n) is 6.80. The molecule has 3 aromatic carbocycles. The minimum absolute atomic E-state index is 0.0836. The number of carbonyl (C=O) groups excluding carboxylic acids is 2. The minimum atomic E-state index is -4.58. The van der Waals surface area contributed by atoms with Gasteiger partial charge >= 0.3 is 6.18 Å². The van der Waals surface area contributed by atoms with Gasteiger partial charge in [0, 0.05) is 16.7 Å². The lowest BCUT2D eigenvalue weighted by molar-refractivity contribution is -0.137. The number of halogens is 3. The molecule has 0 spiro atoms. The van der Waals surface area contributed by atoms with Crippen molar-refractivity contribution < 1.29 is 22.8 Å². The molecule has 0 aliphatic heterocycles. The van der Waals surface area contributed by atoms with Crippen LogP contribution in [0.25, 0.3) is 5.69 Å². The van der Waals surface area contributed by atoms with Crippen molar-refractivity contribution in [2.75, 3.05) is 5.32 Å². The van der Waals surface area contributed by atoms with Gasteiger partial charge in [-0.3, -0.25) is 9.59 Å². The lowest BCUT2D eigenvalue weighted by Crippen LogP contribution is -2.16. The van der Waals surface area contributed by atoms with E-state index in [1.807, 2.05) is 0 Å². The van der Waals surface area contributed by atoms with Crippen LogP contribution >= 0.6 is 0 Å². The molecule has 9 heteroatoms. The van der Waals surface area contributed by atoms with E-state index in [0.717, 1.165) is 12.1 Å². The number of amides is 1. The summed E-state index contributed by atoms with van der Waals surface area (Å²) in [5.41, 5.74) is 0.290. The van der Waals surface area contributed by atoms with Gasteiger partial charge in [-0.05, 0) is 30.3 Å². The minimum Gasteiger partial charge on any atom is -0.320 e. The summed E-state index contributed by atoms with van der Waals surface area (Å²) in [6, 6.07) is 17.5. The van der Waals surface area contributed by atoms with Crippen LogP contribution in [0.1, 0.15) is 31.8 Å². The highest BCUT2D eigenvalue weighted by Gasteiger charge is 2.31. The van der Waals surface area contributed by atoms with E-state index in [9.17, 15) is 22.8 Å². The molecular weight excluding hydrogens is 421 g/mol. The van der Waals surface area contributed by atoms with Crippen molar-refractivity contribution in [2.45, 2.75) is 6.18 Å². The maximum absolute atomic E-state index is 13.2. The highest BCUT2D eigenvalue weighted by Crippen LogP contribution is 2.33. The van der Waals surface area contributed by atoms with Crippen molar-refractivity contribution in [1.82, 2.24) is 14.8 Å². The first-order valence-electron chi connectivity index (χ1n) is 9.40. The Labute approximate surface area is 180 Å². The Bertz CT molecular complexity index is 1250. The molecule has 32 heavy (non-hydrogen) atoms. The Morgan fingerprint density at radius 2 is 1.50 bits per heavy atom. The number of carbonyl (C=O) groups is 2. The average Bonchev–Trinajstić information content (AvgIpc) is 3.33. The first-order valence-corrected chi connectivity index (χ1v) is 9.40. The summed E-state index contributed by atoms with van der Waals surface area (Å²) >= 11 is 0. The van der Waals surface area contributed by atoms with Crippen LogP contribution in [0.5, 0.6) is 0 Å². The van der Waals surface area contributed by atoms with Gasteiger partial charge in [0.15, 0.2) is 5.78 Å². The van der Waals surface area contributed by atoms with E-state index >= 15 is 0 Å².